The molecule has 0 aliphatic carbocycles. The summed E-state index contributed by atoms with van der Waals surface area (Å²) in [7, 11) is -3.49. The molecule has 3 rings (SSSR count). The Morgan fingerprint density at radius 2 is 2.04 bits per heavy atom. The Kier molecular flexibility index (Phi) is 6.08. The first kappa shape index (κ1) is 19.3. The number of rotatable bonds is 5. The quantitative estimate of drug-likeness (QED) is 0.824. The van der Waals surface area contributed by atoms with Gasteiger partial charge in [-0.3, -0.25) is 4.98 Å². The van der Waals surface area contributed by atoms with Crippen molar-refractivity contribution in [1.29, 1.82) is 0 Å². The maximum atomic E-state index is 12.7. The lowest BCUT2D eigenvalue weighted by atomic mass is 10.0. The lowest BCUT2D eigenvalue weighted by Crippen LogP contribution is -2.39. The van der Waals surface area contributed by atoms with Crippen LogP contribution in [0.2, 0.25) is 0 Å². The minimum Gasteiger partial charge on any atom is -0.334 e. The van der Waals surface area contributed by atoms with Crippen LogP contribution in [0.4, 0.5) is 10.5 Å². The fourth-order valence-electron chi connectivity index (χ4n) is 3.08. The van der Waals surface area contributed by atoms with E-state index in [1.807, 2.05) is 6.07 Å². The van der Waals surface area contributed by atoms with Gasteiger partial charge in [0.15, 0.2) is 0 Å². The number of anilines is 1. The van der Waals surface area contributed by atoms with Gasteiger partial charge in [-0.2, -0.15) is 4.31 Å². The average Bonchev–Trinajstić information content (AvgIpc) is 2.68. The van der Waals surface area contributed by atoms with Gasteiger partial charge in [-0.15, -0.1) is 0 Å². The molecule has 1 aromatic heterocycles. The third-order valence-corrected chi connectivity index (χ3v) is 6.42. The maximum absolute atomic E-state index is 12.7. The number of nitrogens with one attached hydrogen (secondary N) is 2. The van der Waals surface area contributed by atoms with Crippen molar-refractivity contribution in [3.8, 4) is 0 Å². The molecule has 1 unspecified atom stereocenters. The average molecular weight is 388 g/mol. The van der Waals surface area contributed by atoms with Crippen molar-refractivity contribution < 1.29 is 13.2 Å². The number of hydrogen-bond donors (Lipinski definition) is 2. The number of aromatic nitrogens is 1. The number of sulfonamides is 1. The van der Waals surface area contributed by atoms with Gasteiger partial charge in [0, 0.05) is 37.7 Å². The molecular formula is C19H24N4O3S. The molecule has 8 heteroatoms. The molecule has 1 aliphatic rings. The molecule has 1 saturated heterocycles. The largest absolute Gasteiger partial charge is 0.334 e. The molecule has 2 amide bonds. The second kappa shape index (κ2) is 8.49. The maximum Gasteiger partial charge on any atom is 0.319 e. The number of carbonyl (C=O) groups excluding carboxylic acids is 1. The van der Waals surface area contributed by atoms with E-state index in [1.165, 1.54) is 12.1 Å². The first-order chi connectivity index (χ1) is 12.9. The van der Waals surface area contributed by atoms with Crippen LogP contribution in [0, 0.1) is 5.92 Å². The number of amides is 2. The van der Waals surface area contributed by atoms with Crippen LogP contribution in [0.1, 0.15) is 25.3 Å². The fraction of sp³-hybridized carbons (Fsp3) is 0.368. The molecule has 27 heavy (non-hydrogen) atoms. The highest BCUT2D eigenvalue weighted by Gasteiger charge is 2.28. The molecule has 1 aliphatic heterocycles. The van der Waals surface area contributed by atoms with Crippen molar-refractivity contribution in [1.82, 2.24) is 14.6 Å². The smallest absolute Gasteiger partial charge is 0.319 e. The van der Waals surface area contributed by atoms with Crippen molar-refractivity contribution in [2.75, 3.05) is 18.4 Å². The summed E-state index contributed by atoms with van der Waals surface area (Å²) in [4.78, 5) is 16.2. The van der Waals surface area contributed by atoms with E-state index in [-0.39, 0.29) is 10.9 Å². The predicted molar refractivity (Wildman–Crippen MR) is 104 cm³/mol. The van der Waals surface area contributed by atoms with E-state index < -0.39 is 10.0 Å². The normalized spacial score (nSPS) is 18.0. The Labute approximate surface area is 159 Å². The summed E-state index contributed by atoms with van der Waals surface area (Å²) in [5.74, 6) is 0.373. The van der Waals surface area contributed by atoms with Crippen molar-refractivity contribution in [3.63, 3.8) is 0 Å². The second-order valence-corrected chi connectivity index (χ2v) is 8.74. The Hall–Kier alpha value is -2.45. The first-order valence-electron chi connectivity index (χ1n) is 8.99. The van der Waals surface area contributed by atoms with Crippen molar-refractivity contribution in [2.45, 2.75) is 31.2 Å². The molecule has 2 aromatic rings. The molecule has 2 heterocycles. The summed E-state index contributed by atoms with van der Waals surface area (Å²) in [6, 6.07) is 9.58. The molecule has 1 aromatic carbocycles. The Balaban J connectivity index is 1.59. The highest BCUT2D eigenvalue weighted by atomic mass is 32.2. The second-order valence-electron chi connectivity index (χ2n) is 6.80. The number of pyridine rings is 1. The van der Waals surface area contributed by atoms with Gasteiger partial charge in [0.05, 0.1) is 4.90 Å². The van der Waals surface area contributed by atoms with Crippen LogP contribution >= 0.6 is 0 Å². The Morgan fingerprint density at radius 1 is 1.26 bits per heavy atom. The van der Waals surface area contributed by atoms with Gasteiger partial charge in [0.1, 0.15) is 0 Å². The molecule has 0 saturated carbocycles. The van der Waals surface area contributed by atoms with E-state index >= 15 is 0 Å². The number of urea groups is 1. The van der Waals surface area contributed by atoms with E-state index in [9.17, 15) is 13.2 Å². The zero-order valence-electron chi connectivity index (χ0n) is 15.3. The third-order valence-electron chi connectivity index (χ3n) is 4.55. The summed E-state index contributed by atoms with van der Waals surface area (Å²) in [5.41, 5.74) is 1.43. The molecule has 2 N–H and O–H groups in total. The van der Waals surface area contributed by atoms with Crippen LogP contribution in [0.3, 0.4) is 0 Å². The molecule has 1 atom stereocenters. The van der Waals surface area contributed by atoms with Gasteiger partial charge >= 0.3 is 6.03 Å². The minimum absolute atomic E-state index is 0.248. The SMILES string of the molecule is CC1CCCN(S(=O)(=O)c2ccc(NC(=O)NCc3cccnc3)cc2)C1. The van der Waals surface area contributed by atoms with Crippen LogP contribution in [0.25, 0.3) is 0 Å². The minimum atomic E-state index is -3.49. The van der Waals surface area contributed by atoms with E-state index in [0.29, 0.717) is 31.2 Å². The first-order valence-corrected chi connectivity index (χ1v) is 10.4. The molecule has 0 radical (unpaired) electrons. The Morgan fingerprint density at radius 3 is 2.70 bits per heavy atom. The van der Waals surface area contributed by atoms with Crippen molar-refractivity contribution in [2.24, 2.45) is 5.92 Å². The van der Waals surface area contributed by atoms with Gasteiger partial charge in [0.2, 0.25) is 10.0 Å². The topological polar surface area (TPSA) is 91.4 Å². The molecular weight excluding hydrogens is 364 g/mol. The predicted octanol–water partition coefficient (Wildman–Crippen LogP) is 2.82. The standard InChI is InChI=1S/C19H24N4O3S/c1-15-4-3-11-23(14-15)27(25,26)18-8-6-17(7-9-18)22-19(24)21-13-16-5-2-10-20-12-16/h2,5-10,12,15H,3-4,11,13-14H2,1H3,(H2,21,22,24). The molecule has 0 bridgehead atoms. The molecule has 144 valence electrons. The van der Waals surface area contributed by atoms with Crippen LogP contribution in [-0.2, 0) is 16.6 Å². The van der Waals surface area contributed by atoms with Crippen molar-refractivity contribution >= 4 is 21.7 Å². The monoisotopic (exact) mass is 388 g/mol. The van der Waals surface area contributed by atoms with E-state index in [2.05, 4.69) is 22.5 Å². The number of piperidine rings is 1. The van der Waals surface area contributed by atoms with Crippen molar-refractivity contribution in [3.05, 3.63) is 54.4 Å². The fourth-order valence-corrected chi connectivity index (χ4v) is 4.68. The lowest BCUT2D eigenvalue weighted by molar-refractivity contribution is 0.251. The van der Waals surface area contributed by atoms with E-state index in [0.717, 1.165) is 18.4 Å². The van der Waals surface area contributed by atoms with Gasteiger partial charge in [-0.1, -0.05) is 13.0 Å². The molecule has 7 nitrogen and oxygen atoms in total. The van der Waals surface area contributed by atoms with Gasteiger partial charge < -0.3 is 10.6 Å². The highest BCUT2D eigenvalue weighted by molar-refractivity contribution is 7.89. The highest BCUT2D eigenvalue weighted by Crippen LogP contribution is 2.24. The summed E-state index contributed by atoms with van der Waals surface area (Å²) < 4.78 is 27.0. The van der Waals surface area contributed by atoms with Crippen LogP contribution < -0.4 is 10.6 Å². The van der Waals surface area contributed by atoms with Crippen LogP contribution in [-0.4, -0.2) is 36.8 Å². The Bertz CT molecular complexity index is 870. The van der Waals surface area contributed by atoms with Crippen LogP contribution in [0.5, 0.6) is 0 Å². The lowest BCUT2D eigenvalue weighted by Gasteiger charge is -2.30. The summed E-state index contributed by atoms with van der Waals surface area (Å²) >= 11 is 0. The van der Waals surface area contributed by atoms with Crippen LogP contribution in [0.15, 0.2) is 53.7 Å². The van der Waals surface area contributed by atoms with Gasteiger partial charge in [-0.25, -0.2) is 13.2 Å². The molecule has 1 fully saturated rings. The van der Waals surface area contributed by atoms with E-state index in [1.54, 1.807) is 34.9 Å². The van der Waals surface area contributed by atoms with Gasteiger partial charge in [-0.05, 0) is 54.7 Å². The number of hydrogen-bond acceptors (Lipinski definition) is 4. The summed E-state index contributed by atoms with van der Waals surface area (Å²) in [6.07, 6.45) is 5.30. The number of carbonyl (C=O) groups is 1. The number of benzene rings is 1. The summed E-state index contributed by atoms with van der Waals surface area (Å²) in [6.45, 7) is 3.54. The molecule has 0 spiro atoms. The number of nitrogens with zero attached hydrogens (tertiary/aromatic N) is 2. The van der Waals surface area contributed by atoms with E-state index in [4.69, 9.17) is 0 Å². The third kappa shape index (κ3) is 5.05. The van der Waals surface area contributed by atoms with Gasteiger partial charge in [0.25, 0.3) is 0 Å². The zero-order chi connectivity index (χ0) is 19.3. The summed E-state index contributed by atoms with van der Waals surface area (Å²) in [5, 5.41) is 5.43. The zero-order valence-corrected chi connectivity index (χ0v) is 16.1.